The average Bonchev–Trinajstić information content (AvgIpc) is 2.99. The van der Waals surface area contributed by atoms with Gasteiger partial charge in [-0.3, -0.25) is 9.59 Å². The molecule has 0 atom stereocenters. The van der Waals surface area contributed by atoms with Gasteiger partial charge in [-0.2, -0.15) is 0 Å². The summed E-state index contributed by atoms with van der Waals surface area (Å²) in [5.41, 5.74) is 1.75. The summed E-state index contributed by atoms with van der Waals surface area (Å²) < 4.78 is 0. The molecule has 0 saturated heterocycles. The van der Waals surface area contributed by atoms with Crippen LogP contribution in [-0.2, 0) is 0 Å². The number of aromatic nitrogens is 2. The molecule has 0 saturated carbocycles. The van der Waals surface area contributed by atoms with Crippen molar-refractivity contribution < 1.29 is 9.59 Å². The number of benzene rings is 2. The highest BCUT2D eigenvalue weighted by atomic mass is 32.2. The molecule has 2 aromatic carbocycles. The van der Waals surface area contributed by atoms with Gasteiger partial charge in [0.1, 0.15) is 10.8 Å². The van der Waals surface area contributed by atoms with E-state index in [1.54, 1.807) is 24.3 Å². The molecule has 0 aliphatic heterocycles. The second-order valence-electron chi connectivity index (χ2n) is 6.08. The number of carbonyl (C=O) groups excluding carboxylic acids is 2. The minimum atomic E-state index is -1.09. The minimum absolute atomic E-state index is 0.188. The molecule has 0 bridgehead atoms. The fourth-order valence-corrected chi connectivity index (χ4v) is 3.62. The lowest BCUT2D eigenvalue weighted by atomic mass is 10.1. The number of thioether (sulfide) groups is 1. The van der Waals surface area contributed by atoms with E-state index < -0.39 is 6.04 Å². The zero-order valence-corrected chi connectivity index (χ0v) is 15.7. The van der Waals surface area contributed by atoms with Crippen LogP contribution in [0.25, 0.3) is 16.2 Å². The maximum absolute atomic E-state index is 12.7. The lowest BCUT2D eigenvalue weighted by molar-refractivity contribution is 0.0903. The molecule has 136 valence electrons. The highest BCUT2D eigenvalue weighted by molar-refractivity contribution is 7.98. The lowest BCUT2D eigenvalue weighted by Gasteiger charge is -2.15. The van der Waals surface area contributed by atoms with E-state index in [0.717, 1.165) is 5.56 Å². The van der Waals surface area contributed by atoms with Crippen LogP contribution in [0.5, 0.6) is 0 Å². The molecule has 1 aromatic heterocycles. The first-order valence-corrected chi connectivity index (χ1v) is 9.69. The molecule has 1 N–H and O–H groups in total. The van der Waals surface area contributed by atoms with Crippen LogP contribution in [0, 0.1) is 6.57 Å². The van der Waals surface area contributed by atoms with Gasteiger partial charge < -0.3 is 5.32 Å². The molecule has 7 heteroatoms. The van der Waals surface area contributed by atoms with Crippen LogP contribution in [0.3, 0.4) is 0 Å². The molecule has 0 unspecified atom stereocenters. The normalized spacial score (nSPS) is 13.3. The third-order valence-electron chi connectivity index (χ3n) is 4.45. The van der Waals surface area contributed by atoms with Crippen LogP contribution in [0.4, 0.5) is 11.5 Å². The molecule has 1 aliphatic rings. The third-order valence-corrected chi connectivity index (χ3v) is 5.12. The van der Waals surface area contributed by atoms with Crippen molar-refractivity contribution in [1.29, 1.82) is 0 Å². The Labute approximate surface area is 165 Å². The fraction of sp³-hybridized carbons (Fsp3) is 0.0952. The van der Waals surface area contributed by atoms with E-state index >= 15 is 0 Å². The summed E-state index contributed by atoms with van der Waals surface area (Å²) in [6, 6.07) is 15.0. The van der Waals surface area contributed by atoms with E-state index in [0.29, 0.717) is 22.0 Å². The number of hydrogen-bond donors (Lipinski definition) is 1. The number of nitrogens with one attached hydrogen (secondary N) is 1. The van der Waals surface area contributed by atoms with Gasteiger partial charge in [0.15, 0.2) is 23.4 Å². The van der Waals surface area contributed by atoms with Gasteiger partial charge in [-0.25, -0.2) is 14.8 Å². The molecule has 0 radical (unpaired) electrons. The maximum Gasteiger partial charge on any atom is 0.259 e. The van der Waals surface area contributed by atoms with Crippen molar-refractivity contribution in [2.24, 2.45) is 0 Å². The molecule has 4 rings (SSSR count). The lowest BCUT2D eigenvalue weighted by Crippen LogP contribution is -2.31. The monoisotopic (exact) mass is 386 g/mol. The van der Waals surface area contributed by atoms with Crippen molar-refractivity contribution in [3.8, 4) is 11.4 Å². The van der Waals surface area contributed by atoms with Gasteiger partial charge in [-0.15, -0.1) is 11.8 Å². The summed E-state index contributed by atoms with van der Waals surface area (Å²) in [5, 5.41) is 3.40. The first-order chi connectivity index (χ1) is 13.6. The molecule has 1 aliphatic carbocycles. The molecule has 3 aromatic rings. The van der Waals surface area contributed by atoms with Crippen molar-refractivity contribution in [1.82, 2.24) is 9.97 Å². The van der Waals surface area contributed by atoms with Gasteiger partial charge in [-0.1, -0.05) is 54.6 Å². The number of carbonyl (C=O) groups is 2. The number of anilines is 1. The summed E-state index contributed by atoms with van der Waals surface area (Å²) in [6.45, 7) is 7.53. The fourth-order valence-electron chi connectivity index (χ4n) is 3.11. The number of fused-ring (bicyclic) bond motifs is 1. The summed E-state index contributed by atoms with van der Waals surface area (Å²) in [6.07, 6.45) is 1.82. The largest absolute Gasteiger partial charge is 0.362 e. The Hall–Kier alpha value is -3.50. The van der Waals surface area contributed by atoms with E-state index in [9.17, 15) is 9.59 Å². The van der Waals surface area contributed by atoms with Crippen LogP contribution in [0.15, 0.2) is 59.6 Å². The standard InChI is InChI=1S/C21H14N4O2S/c1-22-16-20(23-15-17(26)13-10-6-7-11-14(13)18(15)27)24-19(25-21(16)28-2)12-8-4-3-5-9-12/h3-11,15H,2H3,(H,23,24,25). The first-order valence-electron chi connectivity index (χ1n) is 8.47. The first kappa shape index (κ1) is 17.9. The third kappa shape index (κ3) is 2.94. The number of Topliss-reactive ketones (excluding diaryl/α,β-unsaturated/α-hetero) is 2. The van der Waals surface area contributed by atoms with Gasteiger partial charge in [-0.05, 0) is 6.26 Å². The van der Waals surface area contributed by atoms with Crippen LogP contribution in [0.2, 0.25) is 0 Å². The molecule has 0 amide bonds. The van der Waals surface area contributed by atoms with Crippen LogP contribution in [-0.4, -0.2) is 33.8 Å². The molecule has 6 nitrogen and oxygen atoms in total. The summed E-state index contributed by atoms with van der Waals surface area (Å²) in [4.78, 5) is 37.9. The molecule has 28 heavy (non-hydrogen) atoms. The summed E-state index contributed by atoms with van der Waals surface area (Å²) in [5.74, 6) is -0.0211. The van der Waals surface area contributed by atoms with Crippen LogP contribution < -0.4 is 5.32 Å². The number of rotatable bonds is 4. The second kappa shape index (κ2) is 7.25. The molecule has 0 spiro atoms. The summed E-state index contributed by atoms with van der Waals surface area (Å²) >= 11 is 1.32. The van der Waals surface area contributed by atoms with Crippen LogP contribution in [0.1, 0.15) is 20.7 Å². The zero-order valence-electron chi connectivity index (χ0n) is 14.8. The van der Waals surface area contributed by atoms with Crippen molar-refractivity contribution in [2.45, 2.75) is 11.1 Å². The SMILES string of the molecule is [C-]#[N+]c1c(NC2C(=O)c3ccccc3C2=O)nc(-c2ccccc2)nc1SC. The predicted octanol–water partition coefficient (Wildman–Crippen LogP) is 4.28. The van der Waals surface area contributed by atoms with Crippen molar-refractivity contribution >= 4 is 34.8 Å². The Balaban J connectivity index is 1.79. The van der Waals surface area contributed by atoms with E-state index in [2.05, 4.69) is 20.1 Å². The van der Waals surface area contributed by atoms with Gasteiger partial charge in [0.05, 0.1) is 6.57 Å². The minimum Gasteiger partial charge on any atom is -0.362 e. The maximum atomic E-state index is 12.7. The zero-order chi connectivity index (χ0) is 19.7. The Morgan fingerprint density at radius 3 is 2.14 bits per heavy atom. The molecular formula is C21H14N4O2S. The quantitative estimate of drug-likeness (QED) is 0.312. The molecule has 0 fully saturated rings. The number of nitrogens with zero attached hydrogens (tertiary/aromatic N) is 3. The Morgan fingerprint density at radius 2 is 1.57 bits per heavy atom. The predicted molar refractivity (Wildman–Crippen MR) is 108 cm³/mol. The van der Waals surface area contributed by atoms with Gasteiger partial charge in [0, 0.05) is 16.7 Å². The number of ketones is 2. The summed E-state index contributed by atoms with van der Waals surface area (Å²) in [7, 11) is 0. The van der Waals surface area contributed by atoms with E-state index in [-0.39, 0.29) is 23.1 Å². The van der Waals surface area contributed by atoms with Crippen molar-refractivity contribution in [2.75, 3.05) is 11.6 Å². The van der Waals surface area contributed by atoms with Gasteiger partial charge in [0.25, 0.3) is 5.69 Å². The highest BCUT2D eigenvalue weighted by Crippen LogP contribution is 2.36. The number of hydrogen-bond acceptors (Lipinski definition) is 6. The van der Waals surface area contributed by atoms with E-state index in [1.807, 2.05) is 36.6 Å². The molecule has 1 heterocycles. The smallest absolute Gasteiger partial charge is 0.259 e. The van der Waals surface area contributed by atoms with E-state index in [4.69, 9.17) is 6.57 Å². The average molecular weight is 386 g/mol. The van der Waals surface area contributed by atoms with Gasteiger partial charge in [0.2, 0.25) is 0 Å². The van der Waals surface area contributed by atoms with Crippen molar-refractivity contribution in [3.05, 3.63) is 77.1 Å². The van der Waals surface area contributed by atoms with Crippen LogP contribution >= 0.6 is 11.8 Å². The Bertz CT molecular complexity index is 1100. The molecular weight excluding hydrogens is 372 g/mol. The van der Waals surface area contributed by atoms with Crippen molar-refractivity contribution in [3.63, 3.8) is 0 Å². The Morgan fingerprint density at radius 1 is 0.964 bits per heavy atom. The highest BCUT2D eigenvalue weighted by Gasteiger charge is 2.39. The second-order valence-corrected chi connectivity index (χ2v) is 6.88. The topological polar surface area (TPSA) is 76.3 Å². The van der Waals surface area contributed by atoms with Gasteiger partial charge >= 0.3 is 0 Å². The Kier molecular flexibility index (Phi) is 4.63. The van der Waals surface area contributed by atoms with E-state index in [1.165, 1.54) is 11.8 Å².